The van der Waals surface area contributed by atoms with E-state index in [9.17, 15) is 0 Å². The summed E-state index contributed by atoms with van der Waals surface area (Å²) >= 11 is 0. The Morgan fingerprint density at radius 2 is 0.886 bits per heavy atom. The van der Waals surface area contributed by atoms with Crippen molar-refractivity contribution < 1.29 is 8.83 Å². The second-order valence-corrected chi connectivity index (χ2v) is 11.6. The summed E-state index contributed by atoms with van der Waals surface area (Å²) in [7, 11) is 0. The van der Waals surface area contributed by atoms with Gasteiger partial charge in [0.25, 0.3) is 0 Å². The molecule has 0 fully saturated rings. The normalized spacial score (nSPS) is 12.1. The molecule has 0 amide bonds. The zero-order valence-electron chi connectivity index (χ0n) is 23.7. The Morgan fingerprint density at radius 1 is 0.318 bits per heavy atom. The van der Waals surface area contributed by atoms with Gasteiger partial charge in [-0.25, -0.2) is 0 Å². The number of hydrogen-bond donors (Lipinski definition) is 0. The van der Waals surface area contributed by atoms with Crippen LogP contribution in [0.1, 0.15) is 0 Å². The fourth-order valence-electron chi connectivity index (χ4n) is 7.45. The Labute approximate surface area is 252 Å². The summed E-state index contributed by atoms with van der Waals surface area (Å²) in [5.41, 5.74) is 7.24. The van der Waals surface area contributed by atoms with E-state index in [1.165, 1.54) is 59.8 Å². The maximum atomic E-state index is 6.73. The summed E-state index contributed by atoms with van der Waals surface area (Å²) in [6.45, 7) is 0. The third-order valence-corrected chi connectivity index (χ3v) is 9.32. The van der Waals surface area contributed by atoms with Crippen LogP contribution in [0.3, 0.4) is 0 Å². The van der Waals surface area contributed by atoms with Gasteiger partial charge in [-0.15, -0.1) is 0 Å². The highest BCUT2D eigenvalue weighted by molar-refractivity contribution is 6.27. The molecule has 2 nitrogen and oxygen atoms in total. The molecule has 0 unspecified atom stereocenters. The van der Waals surface area contributed by atoms with Crippen LogP contribution >= 0.6 is 0 Å². The standard InChI is InChI=1S/C42H24O2/c1-2-11-27-26(10-1)24-37(29-13-4-3-12-28(27)29)39-32-16-7-5-14-30(32)38(31-15-6-8-17-33(31)39)36-19-9-18-34-35-21-20-25-22-23-43-40(25)42(35)44-41(34)36/h1-24H. The lowest BCUT2D eigenvalue weighted by Crippen LogP contribution is -1.92. The molecule has 0 saturated carbocycles. The van der Waals surface area contributed by atoms with Crippen LogP contribution in [-0.4, -0.2) is 0 Å². The maximum absolute atomic E-state index is 6.73. The van der Waals surface area contributed by atoms with Crippen LogP contribution in [0.5, 0.6) is 0 Å². The van der Waals surface area contributed by atoms with Gasteiger partial charge < -0.3 is 8.83 Å². The van der Waals surface area contributed by atoms with Crippen molar-refractivity contribution in [3.05, 3.63) is 146 Å². The summed E-state index contributed by atoms with van der Waals surface area (Å²) in [6.07, 6.45) is 1.73. The lowest BCUT2D eigenvalue weighted by atomic mass is 9.83. The Kier molecular flexibility index (Phi) is 4.75. The molecule has 204 valence electrons. The maximum Gasteiger partial charge on any atom is 0.178 e. The van der Waals surface area contributed by atoms with Crippen LogP contribution in [0.4, 0.5) is 0 Å². The van der Waals surface area contributed by atoms with Gasteiger partial charge in [-0.3, -0.25) is 0 Å². The molecule has 0 saturated heterocycles. The van der Waals surface area contributed by atoms with E-state index >= 15 is 0 Å². The molecule has 0 spiro atoms. The third-order valence-electron chi connectivity index (χ3n) is 9.32. The van der Waals surface area contributed by atoms with Crippen molar-refractivity contribution in [3.63, 3.8) is 0 Å². The average Bonchev–Trinajstić information content (AvgIpc) is 3.72. The monoisotopic (exact) mass is 560 g/mol. The van der Waals surface area contributed by atoms with E-state index in [4.69, 9.17) is 8.83 Å². The number of para-hydroxylation sites is 1. The molecular formula is C42H24O2. The number of rotatable bonds is 2. The zero-order chi connectivity index (χ0) is 28.8. The molecule has 10 rings (SSSR count). The number of fused-ring (bicyclic) bond motifs is 10. The summed E-state index contributed by atoms with van der Waals surface area (Å²) in [5, 5.41) is 13.1. The molecule has 0 aliphatic heterocycles. The predicted molar refractivity (Wildman–Crippen MR) is 184 cm³/mol. The summed E-state index contributed by atoms with van der Waals surface area (Å²) in [6, 6.07) is 50.3. The van der Waals surface area contributed by atoms with E-state index in [2.05, 4.69) is 133 Å². The van der Waals surface area contributed by atoms with E-state index < -0.39 is 0 Å². The quantitative estimate of drug-likeness (QED) is 0.155. The summed E-state index contributed by atoms with van der Waals surface area (Å²) in [5.74, 6) is 0. The Hall–Kier alpha value is -5.86. The minimum Gasteiger partial charge on any atom is -0.460 e. The summed E-state index contributed by atoms with van der Waals surface area (Å²) < 4.78 is 12.6. The molecule has 0 atom stereocenters. The smallest absolute Gasteiger partial charge is 0.178 e. The van der Waals surface area contributed by atoms with E-state index in [1.807, 2.05) is 6.07 Å². The molecule has 0 radical (unpaired) electrons. The largest absolute Gasteiger partial charge is 0.460 e. The molecule has 0 aliphatic rings. The number of furan rings is 2. The zero-order valence-corrected chi connectivity index (χ0v) is 23.7. The number of benzene rings is 8. The molecule has 2 heterocycles. The van der Waals surface area contributed by atoms with E-state index in [1.54, 1.807) is 6.26 Å². The van der Waals surface area contributed by atoms with Gasteiger partial charge >= 0.3 is 0 Å². The summed E-state index contributed by atoms with van der Waals surface area (Å²) in [4.78, 5) is 0. The van der Waals surface area contributed by atoms with E-state index in [-0.39, 0.29) is 0 Å². The third kappa shape index (κ3) is 3.14. The topological polar surface area (TPSA) is 26.3 Å². The first-order valence-corrected chi connectivity index (χ1v) is 15.0. The van der Waals surface area contributed by atoms with Gasteiger partial charge in [0.1, 0.15) is 5.58 Å². The van der Waals surface area contributed by atoms with Gasteiger partial charge in [0.2, 0.25) is 0 Å². The van der Waals surface area contributed by atoms with Crippen LogP contribution in [0, 0.1) is 0 Å². The first-order valence-electron chi connectivity index (χ1n) is 15.0. The van der Waals surface area contributed by atoms with Crippen LogP contribution < -0.4 is 0 Å². The van der Waals surface area contributed by atoms with Gasteiger partial charge in [0.15, 0.2) is 11.2 Å². The Balaban J connectivity index is 1.38. The molecule has 44 heavy (non-hydrogen) atoms. The minimum atomic E-state index is 0.790. The highest BCUT2D eigenvalue weighted by Crippen LogP contribution is 2.48. The van der Waals surface area contributed by atoms with Crippen LogP contribution in [0.15, 0.2) is 155 Å². The van der Waals surface area contributed by atoms with Gasteiger partial charge in [0, 0.05) is 27.3 Å². The minimum absolute atomic E-state index is 0.790. The Morgan fingerprint density at radius 3 is 1.61 bits per heavy atom. The molecule has 0 aliphatic carbocycles. The second-order valence-electron chi connectivity index (χ2n) is 11.6. The van der Waals surface area contributed by atoms with Gasteiger partial charge in [-0.05, 0) is 72.4 Å². The lowest BCUT2D eigenvalue weighted by Gasteiger charge is -2.19. The van der Waals surface area contributed by atoms with E-state index in [0.29, 0.717) is 0 Å². The average molecular weight is 561 g/mol. The first-order chi connectivity index (χ1) is 21.8. The number of hydrogen-bond acceptors (Lipinski definition) is 2. The van der Waals surface area contributed by atoms with Crippen molar-refractivity contribution in [2.24, 2.45) is 0 Å². The van der Waals surface area contributed by atoms with E-state index in [0.717, 1.165) is 38.5 Å². The highest BCUT2D eigenvalue weighted by atomic mass is 16.4. The van der Waals surface area contributed by atoms with Crippen molar-refractivity contribution in [1.29, 1.82) is 0 Å². The van der Waals surface area contributed by atoms with Crippen LogP contribution in [0.25, 0.3) is 98.3 Å². The molecule has 0 bridgehead atoms. The van der Waals surface area contributed by atoms with Crippen LogP contribution in [-0.2, 0) is 0 Å². The molecule has 10 aromatic rings. The molecular weight excluding hydrogens is 536 g/mol. The van der Waals surface area contributed by atoms with Gasteiger partial charge in [0.05, 0.1) is 6.26 Å². The van der Waals surface area contributed by atoms with Crippen molar-refractivity contribution in [2.45, 2.75) is 0 Å². The van der Waals surface area contributed by atoms with Crippen molar-refractivity contribution >= 4 is 76.0 Å². The highest BCUT2D eigenvalue weighted by Gasteiger charge is 2.22. The van der Waals surface area contributed by atoms with Gasteiger partial charge in [-0.2, -0.15) is 0 Å². The van der Waals surface area contributed by atoms with Crippen molar-refractivity contribution in [1.82, 2.24) is 0 Å². The molecule has 0 N–H and O–H groups in total. The SMILES string of the molecule is c1ccc2c(c1)cc(-c1c3ccccc3c(-c3cccc4c3oc3c4ccc4ccoc43)c3ccccc13)c1ccccc12. The Bertz CT molecular complexity index is 2720. The second kappa shape index (κ2) is 8.82. The molecule has 2 aromatic heterocycles. The van der Waals surface area contributed by atoms with Crippen molar-refractivity contribution in [2.75, 3.05) is 0 Å². The first kappa shape index (κ1) is 23.7. The predicted octanol–water partition coefficient (Wildman–Crippen LogP) is 12.3. The van der Waals surface area contributed by atoms with Crippen molar-refractivity contribution in [3.8, 4) is 22.3 Å². The fraction of sp³-hybridized carbons (Fsp3) is 0. The van der Waals surface area contributed by atoms with Crippen LogP contribution in [0.2, 0.25) is 0 Å². The lowest BCUT2D eigenvalue weighted by molar-refractivity contribution is 0.600. The van der Waals surface area contributed by atoms with Gasteiger partial charge in [-0.1, -0.05) is 121 Å². The molecule has 8 aromatic carbocycles. The fourth-order valence-corrected chi connectivity index (χ4v) is 7.45. The molecule has 2 heteroatoms.